The minimum absolute atomic E-state index is 0.0676. The molecule has 0 spiro atoms. The fraction of sp³-hybridized carbons (Fsp3) is 0.737. The summed E-state index contributed by atoms with van der Waals surface area (Å²) in [4.78, 5) is 12.7. The zero-order chi connectivity index (χ0) is 16.5. The second-order valence-electron chi connectivity index (χ2n) is 8.49. The Kier molecular flexibility index (Phi) is 3.15. The first-order valence-corrected chi connectivity index (χ1v) is 8.73. The Morgan fingerprint density at radius 1 is 1.17 bits per heavy atom. The van der Waals surface area contributed by atoms with Crippen molar-refractivity contribution in [3.63, 3.8) is 0 Å². The van der Waals surface area contributed by atoms with Crippen LogP contribution >= 0.6 is 0 Å². The van der Waals surface area contributed by atoms with Gasteiger partial charge in [-0.2, -0.15) is 0 Å². The van der Waals surface area contributed by atoms with Crippen LogP contribution in [0, 0.1) is 22.7 Å². The van der Waals surface area contributed by atoms with E-state index in [4.69, 9.17) is 4.42 Å². The monoisotopic (exact) mass is 318 g/mol. The quantitative estimate of drug-likeness (QED) is 0.879. The van der Waals surface area contributed by atoms with Crippen molar-refractivity contribution in [2.75, 3.05) is 13.2 Å². The molecule has 5 atom stereocenters. The minimum atomic E-state index is -0.618. The molecule has 2 N–H and O–H groups in total. The van der Waals surface area contributed by atoms with E-state index in [1.807, 2.05) is 19.5 Å². The number of ketones is 1. The van der Waals surface area contributed by atoms with Gasteiger partial charge < -0.3 is 14.6 Å². The topological polar surface area (TPSA) is 70.7 Å². The molecule has 4 heteroatoms. The summed E-state index contributed by atoms with van der Waals surface area (Å²) < 4.78 is 5.45. The molecule has 1 aromatic rings. The van der Waals surface area contributed by atoms with E-state index in [2.05, 4.69) is 6.92 Å². The number of fused-ring (bicyclic) bond motifs is 5. The second-order valence-corrected chi connectivity index (χ2v) is 8.49. The molecule has 23 heavy (non-hydrogen) atoms. The van der Waals surface area contributed by atoms with Crippen LogP contribution in [0.5, 0.6) is 0 Å². The molecule has 5 unspecified atom stereocenters. The van der Waals surface area contributed by atoms with Crippen molar-refractivity contribution in [1.82, 2.24) is 0 Å². The van der Waals surface area contributed by atoms with Crippen molar-refractivity contribution in [3.8, 4) is 0 Å². The van der Waals surface area contributed by atoms with E-state index in [1.54, 1.807) is 0 Å². The summed E-state index contributed by atoms with van der Waals surface area (Å²) in [7, 11) is 0. The van der Waals surface area contributed by atoms with Crippen molar-refractivity contribution >= 4 is 5.78 Å². The Morgan fingerprint density at radius 2 is 1.96 bits per heavy atom. The number of aryl methyl sites for hydroxylation is 1. The SMILES string of the molecule is CC1(CO)C(=O)CC2(C)C1CCC1(CO)c3cocc3CCC12. The van der Waals surface area contributed by atoms with E-state index in [1.165, 1.54) is 5.56 Å². The third kappa shape index (κ3) is 1.66. The summed E-state index contributed by atoms with van der Waals surface area (Å²) in [6.07, 6.45) is 7.82. The highest BCUT2D eigenvalue weighted by molar-refractivity contribution is 5.88. The number of carbonyl (C=O) groups excluding carboxylic acids is 1. The number of furan rings is 1. The number of hydrogen-bond donors (Lipinski definition) is 2. The van der Waals surface area contributed by atoms with Gasteiger partial charge in [-0.15, -0.1) is 0 Å². The molecule has 0 amide bonds. The first-order valence-electron chi connectivity index (χ1n) is 8.73. The van der Waals surface area contributed by atoms with Crippen LogP contribution < -0.4 is 0 Å². The van der Waals surface area contributed by atoms with Gasteiger partial charge in [-0.3, -0.25) is 4.79 Å². The van der Waals surface area contributed by atoms with Crippen LogP contribution in [0.1, 0.15) is 50.7 Å². The van der Waals surface area contributed by atoms with Crippen molar-refractivity contribution in [2.24, 2.45) is 22.7 Å². The zero-order valence-corrected chi connectivity index (χ0v) is 14.0. The van der Waals surface area contributed by atoms with Crippen LogP contribution in [0.4, 0.5) is 0 Å². The zero-order valence-electron chi connectivity index (χ0n) is 14.0. The summed E-state index contributed by atoms with van der Waals surface area (Å²) in [6, 6.07) is 0. The standard InChI is InChI=1S/C19H26O4/c1-17-7-16(22)18(2,10-20)14(17)5-6-19(11-21)13-9-23-8-12(13)3-4-15(17)19/h8-9,14-15,20-21H,3-7,10-11H2,1-2H3. The molecule has 2 saturated carbocycles. The van der Waals surface area contributed by atoms with Crippen LogP contribution in [-0.4, -0.2) is 29.2 Å². The average Bonchev–Trinajstić information content (AvgIpc) is 3.09. The molecule has 0 aliphatic heterocycles. The van der Waals surface area contributed by atoms with Gasteiger partial charge in [0, 0.05) is 17.4 Å². The van der Waals surface area contributed by atoms with Gasteiger partial charge in [0.05, 0.1) is 31.2 Å². The van der Waals surface area contributed by atoms with Gasteiger partial charge in [-0.05, 0) is 48.5 Å². The van der Waals surface area contributed by atoms with E-state index in [0.29, 0.717) is 6.42 Å². The highest BCUT2D eigenvalue weighted by Crippen LogP contribution is 2.67. The summed E-state index contributed by atoms with van der Waals surface area (Å²) in [5.41, 5.74) is 1.32. The van der Waals surface area contributed by atoms with Gasteiger partial charge in [-0.25, -0.2) is 0 Å². The van der Waals surface area contributed by atoms with Crippen molar-refractivity contribution in [1.29, 1.82) is 0 Å². The summed E-state index contributed by atoms with van der Waals surface area (Å²) in [5, 5.41) is 20.3. The Hall–Kier alpha value is -1.13. The predicted octanol–water partition coefficient (Wildman–Crippen LogP) is 2.46. The summed E-state index contributed by atoms with van der Waals surface area (Å²) in [6.45, 7) is 4.19. The smallest absolute Gasteiger partial charge is 0.141 e. The highest BCUT2D eigenvalue weighted by atomic mass is 16.3. The fourth-order valence-electron chi connectivity index (χ4n) is 6.47. The van der Waals surface area contributed by atoms with Crippen molar-refractivity contribution < 1.29 is 19.4 Å². The first-order chi connectivity index (χ1) is 10.9. The summed E-state index contributed by atoms with van der Waals surface area (Å²) in [5.74, 6) is 0.658. The van der Waals surface area contributed by atoms with E-state index < -0.39 is 5.41 Å². The average molecular weight is 318 g/mol. The van der Waals surface area contributed by atoms with Crippen LogP contribution in [0.15, 0.2) is 16.9 Å². The van der Waals surface area contributed by atoms with E-state index >= 15 is 0 Å². The molecule has 0 aromatic carbocycles. The third-order valence-corrected chi connectivity index (χ3v) is 7.68. The molecule has 3 aliphatic carbocycles. The predicted molar refractivity (Wildman–Crippen MR) is 84.9 cm³/mol. The van der Waals surface area contributed by atoms with Gasteiger partial charge in [0.1, 0.15) is 5.78 Å². The van der Waals surface area contributed by atoms with Crippen LogP contribution in [0.25, 0.3) is 0 Å². The van der Waals surface area contributed by atoms with Gasteiger partial charge >= 0.3 is 0 Å². The molecule has 1 heterocycles. The Bertz CT molecular complexity index is 650. The highest BCUT2D eigenvalue weighted by Gasteiger charge is 2.66. The largest absolute Gasteiger partial charge is 0.472 e. The minimum Gasteiger partial charge on any atom is -0.472 e. The lowest BCUT2D eigenvalue weighted by molar-refractivity contribution is -0.129. The molecule has 0 radical (unpaired) electrons. The van der Waals surface area contributed by atoms with Crippen LogP contribution in [0.3, 0.4) is 0 Å². The first kappa shape index (κ1) is 15.4. The molecule has 4 nitrogen and oxygen atoms in total. The molecule has 0 saturated heterocycles. The number of Topliss-reactive ketones (excluding diaryl/α,β-unsaturated/α-hetero) is 1. The third-order valence-electron chi connectivity index (χ3n) is 7.68. The molecular weight excluding hydrogens is 292 g/mol. The number of carbonyl (C=O) groups is 1. The van der Waals surface area contributed by atoms with Crippen molar-refractivity contribution in [3.05, 3.63) is 23.7 Å². The van der Waals surface area contributed by atoms with E-state index in [-0.39, 0.29) is 41.7 Å². The molecule has 3 aliphatic rings. The van der Waals surface area contributed by atoms with Gasteiger partial charge in [0.25, 0.3) is 0 Å². The summed E-state index contributed by atoms with van der Waals surface area (Å²) >= 11 is 0. The lowest BCUT2D eigenvalue weighted by Crippen LogP contribution is -2.56. The van der Waals surface area contributed by atoms with E-state index in [0.717, 1.165) is 31.2 Å². The molecule has 4 rings (SSSR count). The van der Waals surface area contributed by atoms with E-state index in [9.17, 15) is 15.0 Å². The lowest BCUT2D eigenvalue weighted by atomic mass is 9.46. The maximum atomic E-state index is 12.7. The molecule has 1 aromatic heterocycles. The Labute approximate surface area is 136 Å². The Morgan fingerprint density at radius 3 is 2.65 bits per heavy atom. The number of rotatable bonds is 2. The normalized spacial score (nSPS) is 45.5. The Balaban J connectivity index is 1.84. The lowest BCUT2D eigenvalue weighted by Gasteiger charge is -2.57. The number of aliphatic hydroxyl groups is 2. The maximum Gasteiger partial charge on any atom is 0.141 e. The fourth-order valence-corrected chi connectivity index (χ4v) is 6.47. The molecule has 0 bridgehead atoms. The van der Waals surface area contributed by atoms with Gasteiger partial charge in [-0.1, -0.05) is 13.8 Å². The number of aliphatic hydroxyl groups excluding tert-OH is 2. The maximum absolute atomic E-state index is 12.7. The molecule has 2 fully saturated rings. The van der Waals surface area contributed by atoms with Gasteiger partial charge in [0.15, 0.2) is 0 Å². The molecular formula is C19H26O4. The van der Waals surface area contributed by atoms with Crippen molar-refractivity contribution in [2.45, 2.75) is 51.4 Å². The van der Waals surface area contributed by atoms with Gasteiger partial charge in [0.2, 0.25) is 0 Å². The second kappa shape index (κ2) is 4.70. The molecule has 126 valence electrons. The number of hydrogen-bond acceptors (Lipinski definition) is 4. The van der Waals surface area contributed by atoms with Crippen LogP contribution in [0.2, 0.25) is 0 Å². The van der Waals surface area contributed by atoms with Crippen LogP contribution in [-0.2, 0) is 16.6 Å².